The summed E-state index contributed by atoms with van der Waals surface area (Å²) < 4.78 is 0. The maximum atomic E-state index is 12.6. The minimum absolute atomic E-state index is 0.0452. The highest BCUT2D eigenvalue weighted by Crippen LogP contribution is 2.34. The summed E-state index contributed by atoms with van der Waals surface area (Å²) in [5.41, 5.74) is 5.60. The number of hydrogen-bond acceptors (Lipinski definition) is 6. The van der Waals surface area contributed by atoms with E-state index >= 15 is 0 Å². The predicted octanol–water partition coefficient (Wildman–Crippen LogP) is 5.68. The Kier molecular flexibility index (Phi) is 6.37. The van der Waals surface area contributed by atoms with Crippen molar-refractivity contribution in [3.05, 3.63) is 63.5 Å². The largest absolute Gasteiger partial charge is 0.504 e. The van der Waals surface area contributed by atoms with Crippen LogP contribution in [0.15, 0.2) is 41.3 Å². The number of nitrogens with zero attached hydrogens (tertiary/aromatic N) is 2. The second-order valence-corrected chi connectivity index (χ2v) is 9.50. The molecular formula is C25H25N3O3S. The molecule has 164 valence electrons. The summed E-state index contributed by atoms with van der Waals surface area (Å²) in [5, 5.41) is 33.4. The van der Waals surface area contributed by atoms with Gasteiger partial charge in [0.2, 0.25) is 0 Å². The van der Waals surface area contributed by atoms with Crippen LogP contribution in [0.25, 0.3) is 17.3 Å². The predicted molar refractivity (Wildman–Crippen MR) is 128 cm³/mol. The lowest BCUT2D eigenvalue weighted by atomic mass is 9.83. The number of aromatic nitrogens is 1. The zero-order valence-corrected chi connectivity index (χ0v) is 19.5. The van der Waals surface area contributed by atoms with Crippen LogP contribution in [0.5, 0.6) is 11.5 Å². The van der Waals surface area contributed by atoms with Crippen molar-refractivity contribution in [1.82, 2.24) is 4.98 Å². The van der Waals surface area contributed by atoms with Gasteiger partial charge in [0.15, 0.2) is 16.6 Å². The fourth-order valence-electron chi connectivity index (χ4n) is 3.36. The lowest BCUT2D eigenvalue weighted by Gasteiger charge is -2.22. The lowest BCUT2D eigenvalue weighted by Crippen LogP contribution is -2.13. The van der Waals surface area contributed by atoms with Crippen LogP contribution in [0, 0.1) is 25.2 Å². The van der Waals surface area contributed by atoms with Crippen LogP contribution in [0.4, 0.5) is 5.13 Å². The van der Waals surface area contributed by atoms with Crippen molar-refractivity contribution in [1.29, 1.82) is 5.26 Å². The van der Waals surface area contributed by atoms with Gasteiger partial charge in [0.05, 0.1) is 5.69 Å². The van der Waals surface area contributed by atoms with E-state index in [4.69, 9.17) is 0 Å². The van der Waals surface area contributed by atoms with E-state index in [-0.39, 0.29) is 22.5 Å². The summed E-state index contributed by atoms with van der Waals surface area (Å²) in [6.45, 7) is 10.6. The van der Waals surface area contributed by atoms with E-state index in [9.17, 15) is 20.3 Å². The molecule has 1 amide bonds. The Hall–Kier alpha value is -3.63. The molecule has 3 aromatic rings. The van der Waals surface area contributed by atoms with Crippen LogP contribution in [-0.2, 0) is 10.2 Å². The molecule has 0 spiro atoms. The highest BCUT2D eigenvalue weighted by molar-refractivity contribution is 7.14. The maximum Gasteiger partial charge on any atom is 0.268 e. The van der Waals surface area contributed by atoms with Gasteiger partial charge in [-0.3, -0.25) is 10.1 Å². The Balaban J connectivity index is 1.84. The molecule has 7 heteroatoms. The van der Waals surface area contributed by atoms with E-state index in [1.165, 1.54) is 41.2 Å². The lowest BCUT2D eigenvalue weighted by molar-refractivity contribution is -0.112. The molecular weight excluding hydrogens is 422 g/mol. The fourth-order valence-corrected chi connectivity index (χ4v) is 4.05. The molecule has 0 saturated heterocycles. The molecule has 0 aliphatic carbocycles. The van der Waals surface area contributed by atoms with Gasteiger partial charge in [0, 0.05) is 10.9 Å². The Morgan fingerprint density at radius 3 is 2.34 bits per heavy atom. The standard InChI is InChI=1S/C25H25N3O3S/c1-14-8-18(25(3,4)5)9-15(2)22(14)19-13-32-24(27-19)28-23(31)17(12-26)10-16-6-7-20(29)21(30)11-16/h6-11,13,29-30H,1-5H3,(H,27,28,31)/b17-10+. The monoisotopic (exact) mass is 447 g/mol. The van der Waals surface area contributed by atoms with Crippen molar-refractivity contribution in [2.24, 2.45) is 0 Å². The van der Waals surface area contributed by atoms with Crippen LogP contribution < -0.4 is 5.32 Å². The molecule has 0 saturated carbocycles. The number of hydrogen-bond donors (Lipinski definition) is 3. The summed E-state index contributed by atoms with van der Waals surface area (Å²) in [7, 11) is 0. The van der Waals surface area contributed by atoms with Gasteiger partial charge in [-0.2, -0.15) is 5.26 Å². The van der Waals surface area contributed by atoms with E-state index in [1.807, 2.05) is 11.4 Å². The summed E-state index contributed by atoms with van der Waals surface area (Å²) in [6.07, 6.45) is 1.34. The molecule has 0 aliphatic rings. The van der Waals surface area contributed by atoms with E-state index < -0.39 is 5.91 Å². The molecule has 0 atom stereocenters. The van der Waals surface area contributed by atoms with E-state index in [2.05, 4.69) is 57.1 Å². The Morgan fingerprint density at radius 2 is 1.78 bits per heavy atom. The highest BCUT2D eigenvalue weighted by Gasteiger charge is 2.19. The second-order valence-electron chi connectivity index (χ2n) is 8.65. The molecule has 3 N–H and O–H groups in total. The molecule has 0 bridgehead atoms. The number of benzene rings is 2. The molecule has 1 heterocycles. The average molecular weight is 448 g/mol. The van der Waals surface area contributed by atoms with Gasteiger partial charge in [-0.15, -0.1) is 11.3 Å². The van der Waals surface area contributed by atoms with Crippen molar-refractivity contribution < 1.29 is 15.0 Å². The molecule has 0 unspecified atom stereocenters. The van der Waals surface area contributed by atoms with Crippen LogP contribution in [-0.4, -0.2) is 21.1 Å². The van der Waals surface area contributed by atoms with Gasteiger partial charge >= 0.3 is 0 Å². The number of amides is 1. The van der Waals surface area contributed by atoms with E-state index in [0.717, 1.165) is 22.4 Å². The first-order valence-electron chi connectivity index (χ1n) is 10.0. The Morgan fingerprint density at radius 1 is 1.12 bits per heavy atom. The summed E-state index contributed by atoms with van der Waals surface area (Å²) >= 11 is 1.29. The molecule has 0 fully saturated rings. The summed E-state index contributed by atoms with van der Waals surface area (Å²) in [6, 6.07) is 10.3. The number of carbonyl (C=O) groups is 1. The quantitative estimate of drug-likeness (QED) is 0.271. The van der Waals surface area contributed by atoms with Crippen LogP contribution in [0.3, 0.4) is 0 Å². The maximum absolute atomic E-state index is 12.6. The molecule has 0 aliphatic heterocycles. The first-order chi connectivity index (χ1) is 15.0. The number of aryl methyl sites for hydroxylation is 2. The third kappa shape index (κ3) is 4.98. The fraction of sp³-hybridized carbons (Fsp3) is 0.240. The molecule has 32 heavy (non-hydrogen) atoms. The van der Waals surface area contributed by atoms with E-state index in [1.54, 1.807) is 0 Å². The SMILES string of the molecule is Cc1cc(C(C)(C)C)cc(C)c1-c1csc(NC(=O)/C(C#N)=C/c2ccc(O)c(O)c2)n1. The first-order valence-corrected chi connectivity index (χ1v) is 10.9. The zero-order chi connectivity index (χ0) is 23.6. The first kappa shape index (κ1) is 23.0. The van der Waals surface area contributed by atoms with Crippen molar-refractivity contribution >= 4 is 28.5 Å². The number of phenols is 2. The molecule has 2 aromatic carbocycles. The van der Waals surface area contributed by atoms with E-state index in [0.29, 0.717) is 10.7 Å². The third-order valence-corrected chi connectivity index (χ3v) is 5.81. The number of aromatic hydroxyl groups is 2. The highest BCUT2D eigenvalue weighted by atomic mass is 32.1. The van der Waals surface area contributed by atoms with Crippen LogP contribution >= 0.6 is 11.3 Å². The molecule has 0 radical (unpaired) electrons. The second kappa shape index (κ2) is 8.85. The normalized spacial score (nSPS) is 11.8. The van der Waals surface area contributed by atoms with Crippen molar-refractivity contribution in [3.8, 4) is 28.8 Å². The van der Waals surface area contributed by atoms with Gasteiger partial charge in [0.25, 0.3) is 5.91 Å². The van der Waals surface area contributed by atoms with Gasteiger partial charge in [0.1, 0.15) is 11.6 Å². The molecule has 3 rings (SSSR count). The topological polar surface area (TPSA) is 106 Å². The Labute approximate surface area is 191 Å². The average Bonchev–Trinajstić information content (AvgIpc) is 3.15. The smallest absolute Gasteiger partial charge is 0.268 e. The summed E-state index contributed by atoms with van der Waals surface area (Å²) in [4.78, 5) is 17.1. The van der Waals surface area contributed by atoms with Crippen molar-refractivity contribution in [2.75, 3.05) is 5.32 Å². The van der Waals surface area contributed by atoms with Gasteiger partial charge in [-0.05, 0) is 59.7 Å². The van der Waals surface area contributed by atoms with Crippen LogP contribution in [0.2, 0.25) is 0 Å². The minimum Gasteiger partial charge on any atom is -0.504 e. The Bertz CT molecular complexity index is 1240. The number of nitrogens with one attached hydrogen (secondary N) is 1. The minimum atomic E-state index is -0.600. The van der Waals surface area contributed by atoms with Crippen LogP contribution in [0.1, 0.15) is 43.0 Å². The number of carbonyl (C=O) groups excluding carboxylic acids is 1. The molecule has 6 nitrogen and oxygen atoms in total. The van der Waals surface area contributed by atoms with Crippen molar-refractivity contribution in [3.63, 3.8) is 0 Å². The number of thiazole rings is 1. The van der Waals surface area contributed by atoms with Gasteiger partial charge < -0.3 is 10.2 Å². The third-order valence-electron chi connectivity index (χ3n) is 5.06. The van der Waals surface area contributed by atoms with Crippen molar-refractivity contribution in [2.45, 2.75) is 40.0 Å². The number of phenolic OH excluding ortho intramolecular Hbond substituents is 2. The number of nitriles is 1. The van der Waals surface area contributed by atoms with Gasteiger partial charge in [-0.1, -0.05) is 39.0 Å². The van der Waals surface area contributed by atoms with Gasteiger partial charge in [-0.25, -0.2) is 4.98 Å². The molecule has 1 aromatic heterocycles. The zero-order valence-electron chi connectivity index (χ0n) is 18.6. The summed E-state index contributed by atoms with van der Waals surface area (Å²) in [5.74, 6) is -1.21. The number of anilines is 1. The number of rotatable bonds is 4.